The van der Waals surface area contributed by atoms with Gasteiger partial charge in [0, 0.05) is 24.3 Å². The lowest BCUT2D eigenvalue weighted by Crippen LogP contribution is -2.42. The van der Waals surface area contributed by atoms with E-state index in [1.165, 1.54) is 0 Å². The van der Waals surface area contributed by atoms with Crippen molar-refractivity contribution in [1.82, 2.24) is 10.2 Å². The number of rotatable bonds is 8. The van der Waals surface area contributed by atoms with Crippen molar-refractivity contribution >= 4 is 34.2 Å². The van der Waals surface area contributed by atoms with E-state index in [0.29, 0.717) is 24.3 Å². The Kier molecular flexibility index (Phi) is 7.60. The minimum Gasteiger partial charge on any atom is -0.344 e. The molecule has 6 nitrogen and oxygen atoms in total. The Morgan fingerprint density at radius 1 is 0.906 bits per heavy atom. The number of carbonyl (C=O) groups is 3. The average Bonchev–Trinajstić information content (AvgIpc) is 2.80. The molecule has 0 aliphatic carbocycles. The van der Waals surface area contributed by atoms with Crippen molar-refractivity contribution in [1.29, 1.82) is 0 Å². The predicted octanol–water partition coefficient (Wildman–Crippen LogP) is 4.01. The number of fused-ring (bicyclic) bond motifs is 1. The van der Waals surface area contributed by atoms with Gasteiger partial charge in [0.2, 0.25) is 11.8 Å². The van der Waals surface area contributed by atoms with Crippen molar-refractivity contribution < 1.29 is 14.4 Å². The molecule has 0 saturated heterocycles. The Morgan fingerprint density at radius 3 is 2.34 bits per heavy atom. The largest absolute Gasteiger partial charge is 0.344 e. The molecule has 0 saturated carbocycles. The van der Waals surface area contributed by atoms with Crippen molar-refractivity contribution in [3.05, 3.63) is 77.9 Å². The minimum absolute atomic E-state index is 0.0810. The molecule has 0 radical (unpaired) electrons. The van der Waals surface area contributed by atoms with E-state index in [0.717, 1.165) is 16.3 Å². The molecule has 0 heterocycles. The van der Waals surface area contributed by atoms with Crippen LogP contribution in [0.5, 0.6) is 0 Å². The second-order valence-electron chi connectivity index (χ2n) is 7.65. The van der Waals surface area contributed by atoms with E-state index in [9.17, 15) is 14.4 Å². The highest BCUT2D eigenvalue weighted by molar-refractivity contribution is 6.00. The number of amides is 3. The van der Waals surface area contributed by atoms with Gasteiger partial charge in [-0.25, -0.2) is 0 Å². The summed E-state index contributed by atoms with van der Waals surface area (Å²) in [6.45, 7) is 6.73. The zero-order valence-corrected chi connectivity index (χ0v) is 18.7. The molecular weight excluding hydrogens is 402 g/mol. The molecule has 0 spiro atoms. The second-order valence-corrected chi connectivity index (χ2v) is 7.65. The van der Waals surface area contributed by atoms with Gasteiger partial charge in [0.15, 0.2) is 0 Å². The lowest BCUT2D eigenvalue weighted by atomic mass is 10.0. The lowest BCUT2D eigenvalue weighted by molar-refractivity contribution is -0.125. The first-order valence-corrected chi connectivity index (χ1v) is 10.9. The summed E-state index contributed by atoms with van der Waals surface area (Å²) in [6.07, 6.45) is 0.187. The fourth-order valence-electron chi connectivity index (χ4n) is 3.65. The number of carbonyl (C=O) groups excluding carboxylic acids is 3. The number of hydrogen-bond donors (Lipinski definition) is 2. The molecule has 0 fully saturated rings. The third kappa shape index (κ3) is 5.52. The maximum Gasteiger partial charge on any atom is 0.253 e. The van der Waals surface area contributed by atoms with E-state index >= 15 is 0 Å². The highest BCUT2D eigenvalue weighted by Gasteiger charge is 2.18. The summed E-state index contributed by atoms with van der Waals surface area (Å²) in [6, 6.07) is 19.9. The topological polar surface area (TPSA) is 78.5 Å². The van der Waals surface area contributed by atoms with Gasteiger partial charge in [-0.05, 0) is 55.3 Å². The standard InChI is InChI=1S/C26H29N3O3/c1-4-29(5-2)26(32)21-13-9-14-22(16-21)28-25(31)18(3)27-24(30)17-20-12-8-11-19-10-6-7-15-23(19)20/h6-16,18H,4-5,17H2,1-3H3,(H,27,30)(H,28,31)/t18-/m1/s1. The molecule has 166 valence electrons. The second kappa shape index (κ2) is 10.6. The van der Waals surface area contributed by atoms with Crippen LogP contribution in [0.15, 0.2) is 66.7 Å². The van der Waals surface area contributed by atoms with Crippen LogP contribution in [-0.2, 0) is 16.0 Å². The van der Waals surface area contributed by atoms with Crippen LogP contribution in [0, 0.1) is 0 Å². The van der Waals surface area contributed by atoms with Crippen LogP contribution in [0.1, 0.15) is 36.7 Å². The molecule has 0 aliphatic rings. The van der Waals surface area contributed by atoms with Gasteiger partial charge in [-0.1, -0.05) is 48.5 Å². The molecule has 32 heavy (non-hydrogen) atoms. The minimum atomic E-state index is -0.723. The molecule has 1 atom stereocenters. The van der Waals surface area contributed by atoms with Crippen LogP contribution in [0.2, 0.25) is 0 Å². The fourth-order valence-corrected chi connectivity index (χ4v) is 3.65. The van der Waals surface area contributed by atoms with Gasteiger partial charge in [-0.3, -0.25) is 14.4 Å². The SMILES string of the molecule is CCN(CC)C(=O)c1cccc(NC(=O)[C@@H](C)NC(=O)Cc2cccc3ccccc23)c1. The first-order chi connectivity index (χ1) is 15.4. The van der Waals surface area contributed by atoms with Gasteiger partial charge in [-0.2, -0.15) is 0 Å². The average molecular weight is 432 g/mol. The maximum absolute atomic E-state index is 12.6. The van der Waals surface area contributed by atoms with Gasteiger partial charge in [0.1, 0.15) is 6.04 Å². The van der Waals surface area contributed by atoms with Crippen LogP contribution in [0.25, 0.3) is 10.8 Å². The van der Waals surface area contributed by atoms with Crippen molar-refractivity contribution in [3.63, 3.8) is 0 Å². The van der Waals surface area contributed by atoms with Gasteiger partial charge >= 0.3 is 0 Å². The highest BCUT2D eigenvalue weighted by Crippen LogP contribution is 2.19. The molecule has 0 bridgehead atoms. The summed E-state index contributed by atoms with van der Waals surface area (Å²) in [4.78, 5) is 39.5. The predicted molar refractivity (Wildman–Crippen MR) is 128 cm³/mol. The summed E-state index contributed by atoms with van der Waals surface area (Å²) < 4.78 is 0. The number of hydrogen-bond acceptors (Lipinski definition) is 3. The molecule has 0 unspecified atom stereocenters. The summed E-state index contributed by atoms with van der Waals surface area (Å²) in [5, 5.41) is 7.64. The molecular formula is C26H29N3O3. The van der Waals surface area contributed by atoms with Crippen LogP contribution >= 0.6 is 0 Å². The normalized spacial score (nSPS) is 11.6. The fraction of sp³-hybridized carbons (Fsp3) is 0.269. The maximum atomic E-state index is 12.6. The Morgan fingerprint density at radius 2 is 1.59 bits per heavy atom. The number of nitrogens with zero attached hydrogens (tertiary/aromatic N) is 1. The molecule has 2 N–H and O–H groups in total. The zero-order valence-electron chi connectivity index (χ0n) is 18.7. The van der Waals surface area contributed by atoms with E-state index in [-0.39, 0.29) is 24.1 Å². The Balaban J connectivity index is 1.62. The van der Waals surface area contributed by atoms with Gasteiger partial charge in [0.05, 0.1) is 6.42 Å². The molecule has 0 aliphatic heterocycles. The van der Waals surface area contributed by atoms with E-state index in [4.69, 9.17) is 0 Å². The van der Waals surface area contributed by atoms with Crippen molar-refractivity contribution in [3.8, 4) is 0 Å². The van der Waals surface area contributed by atoms with E-state index in [1.54, 1.807) is 36.1 Å². The Bertz CT molecular complexity index is 1120. The van der Waals surface area contributed by atoms with E-state index in [1.807, 2.05) is 56.3 Å². The third-order valence-electron chi connectivity index (χ3n) is 5.43. The first kappa shape index (κ1) is 23.0. The number of anilines is 1. The first-order valence-electron chi connectivity index (χ1n) is 10.9. The van der Waals surface area contributed by atoms with Crippen molar-refractivity contribution in [2.45, 2.75) is 33.2 Å². The number of benzene rings is 3. The molecule has 6 heteroatoms. The van der Waals surface area contributed by atoms with Crippen LogP contribution in [0.3, 0.4) is 0 Å². The summed E-state index contributed by atoms with van der Waals surface area (Å²) in [5.74, 6) is -0.652. The van der Waals surface area contributed by atoms with Gasteiger partial charge < -0.3 is 15.5 Å². The van der Waals surface area contributed by atoms with E-state index < -0.39 is 6.04 Å². The molecule has 3 amide bonds. The molecule has 3 aromatic carbocycles. The smallest absolute Gasteiger partial charge is 0.253 e. The third-order valence-corrected chi connectivity index (χ3v) is 5.43. The zero-order chi connectivity index (χ0) is 23.1. The summed E-state index contributed by atoms with van der Waals surface area (Å²) in [7, 11) is 0. The van der Waals surface area contributed by atoms with Crippen molar-refractivity contribution in [2.75, 3.05) is 18.4 Å². The Hall–Kier alpha value is -3.67. The Labute approximate surface area is 188 Å². The summed E-state index contributed by atoms with van der Waals surface area (Å²) in [5.41, 5.74) is 1.94. The lowest BCUT2D eigenvalue weighted by Gasteiger charge is -2.19. The van der Waals surface area contributed by atoms with Gasteiger partial charge in [0.25, 0.3) is 5.91 Å². The van der Waals surface area contributed by atoms with Crippen LogP contribution in [-0.4, -0.2) is 41.8 Å². The quantitative estimate of drug-likeness (QED) is 0.566. The molecule has 0 aromatic heterocycles. The van der Waals surface area contributed by atoms with E-state index in [2.05, 4.69) is 10.6 Å². The monoisotopic (exact) mass is 431 g/mol. The van der Waals surface area contributed by atoms with Crippen LogP contribution < -0.4 is 10.6 Å². The van der Waals surface area contributed by atoms with Gasteiger partial charge in [-0.15, -0.1) is 0 Å². The number of nitrogens with one attached hydrogen (secondary N) is 2. The highest BCUT2D eigenvalue weighted by atomic mass is 16.2. The molecule has 3 rings (SSSR count). The van der Waals surface area contributed by atoms with Crippen LogP contribution in [0.4, 0.5) is 5.69 Å². The summed E-state index contributed by atoms with van der Waals surface area (Å²) >= 11 is 0. The molecule has 3 aromatic rings. The van der Waals surface area contributed by atoms with Crippen molar-refractivity contribution in [2.24, 2.45) is 0 Å².